The Balaban J connectivity index is 1.67. The second-order valence-electron chi connectivity index (χ2n) is 11.8. The van der Waals surface area contributed by atoms with Gasteiger partial charge in [0.2, 0.25) is 5.76 Å². The van der Waals surface area contributed by atoms with E-state index in [1.165, 1.54) is 0 Å². The molecule has 36 heavy (non-hydrogen) atoms. The zero-order valence-electron chi connectivity index (χ0n) is 21.4. The molecule has 1 heterocycles. The van der Waals surface area contributed by atoms with E-state index in [1.807, 2.05) is 6.07 Å². The van der Waals surface area contributed by atoms with Gasteiger partial charge in [-0.25, -0.2) is 4.79 Å². The number of benzene rings is 1. The number of fused-ring (bicyclic) bond motifs is 4. The number of allylic oxidation sites excluding steroid dienone is 1. The Kier molecular flexibility index (Phi) is 5.84. The zero-order valence-corrected chi connectivity index (χ0v) is 21.4. The van der Waals surface area contributed by atoms with Crippen molar-refractivity contribution in [1.29, 1.82) is 0 Å². The minimum Gasteiger partial charge on any atom is -0.594 e. The first-order valence-electron chi connectivity index (χ1n) is 12.8. The van der Waals surface area contributed by atoms with Crippen molar-refractivity contribution in [2.45, 2.75) is 77.3 Å². The Hall–Kier alpha value is -2.71. The fourth-order valence-electron chi connectivity index (χ4n) is 7.52. The maximum atomic E-state index is 13.1. The maximum Gasteiger partial charge on any atom is 0.473 e. The lowest BCUT2D eigenvalue weighted by atomic mass is 9.50. The highest BCUT2D eigenvalue weighted by Crippen LogP contribution is 2.65. The quantitative estimate of drug-likeness (QED) is 0.329. The summed E-state index contributed by atoms with van der Waals surface area (Å²) in [5.74, 6) is -1.43. The van der Waals surface area contributed by atoms with Gasteiger partial charge in [-0.05, 0) is 67.6 Å². The molecule has 0 amide bonds. The monoisotopic (exact) mass is 495 g/mol. The minimum absolute atomic E-state index is 0.0337. The first-order valence-corrected chi connectivity index (χ1v) is 12.8. The van der Waals surface area contributed by atoms with Gasteiger partial charge in [-0.2, -0.15) is 0 Å². The summed E-state index contributed by atoms with van der Waals surface area (Å²) in [6.45, 7) is 8.54. The lowest BCUT2D eigenvalue weighted by Crippen LogP contribution is -2.47. The molecule has 0 saturated heterocycles. The lowest BCUT2D eigenvalue weighted by molar-refractivity contribution is -0.0159. The summed E-state index contributed by atoms with van der Waals surface area (Å²) in [4.78, 5) is 13.1. The maximum absolute atomic E-state index is 13.1. The van der Waals surface area contributed by atoms with E-state index in [4.69, 9.17) is 14.6 Å². The molecule has 1 saturated carbocycles. The third-order valence-electron chi connectivity index (χ3n) is 9.20. The predicted molar refractivity (Wildman–Crippen MR) is 136 cm³/mol. The van der Waals surface area contributed by atoms with Crippen LogP contribution in [0.5, 0.6) is 0 Å². The molecule has 0 aromatic heterocycles. The van der Waals surface area contributed by atoms with E-state index in [0.29, 0.717) is 23.3 Å². The Bertz CT molecular complexity index is 1170. The molecule has 5 atom stereocenters. The topological polar surface area (TPSA) is 119 Å². The van der Waals surface area contributed by atoms with Crippen LogP contribution in [-0.2, 0) is 9.47 Å². The van der Waals surface area contributed by atoms with Crippen LogP contribution in [0.15, 0.2) is 64.8 Å². The molecule has 1 aliphatic heterocycles. The fraction of sp³-hybridized carbons (Fsp3) is 0.536. The van der Waals surface area contributed by atoms with Gasteiger partial charge in [-0.15, -0.1) is 0 Å². The van der Waals surface area contributed by atoms with Gasteiger partial charge in [-0.1, -0.05) is 45.4 Å². The number of ether oxygens (including phenoxy) is 2. The van der Waals surface area contributed by atoms with Crippen molar-refractivity contribution in [2.75, 3.05) is 0 Å². The van der Waals surface area contributed by atoms with Gasteiger partial charge in [0.1, 0.15) is 17.2 Å². The van der Waals surface area contributed by atoms with E-state index in [-0.39, 0.29) is 28.3 Å². The summed E-state index contributed by atoms with van der Waals surface area (Å²) in [6, 6.07) is 8.84. The van der Waals surface area contributed by atoms with E-state index >= 15 is 0 Å². The first-order chi connectivity index (χ1) is 16.9. The molecule has 0 spiro atoms. The molecule has 192 valence electrons. The molecule has 1 aromatic rings. The van der Waals surface area contributed by atoms with Crippen LogP contribution in [0, 0.1) is 16.7 Å². The van der Waals surface area contributed by atoms with E-state index < -0.39 is 30.6 Å². The molecule has 8 heteroatoms. The molecule has 0 bridgehead atoms. The Morgan fingerprint density at radius 2 is 1.81 bits per heavy atom. The van der Waals surface area contributed by atoms with Crippen LogP contribution < -0.4 is 0 Å². The van der Waals surface area contributed by atoms with E-state index in [2.05, 4.69) is 20.8 Å². The van der Waals surface area contributed by atoms with Crippen LogP contribution in [0.3, 0.4) is 0 Å². The molecule has 1 aromatic carbocycles. The highest BCUT2D eigenvalue weighted by molar-refractivity contribution is 6.45. The standard InChI is InChI=1S/C28H35BO7/c1-26(2)13-8-14-27(3)20(26)12-11-19(35-25(32)16-9-6-5-7-10-16)23-21(27)17-15-18(30)22(31)24(29(33)34)28(17,4)36-23/h5-7,9-10,15,19-20,24,30-31,33-34H,8,11-14H2,1-4H3/p+1/t19?,20-,24?,27-,28?/m1/s1. The predicted octanol–water partition coefficient (Wildman–Crippen LogP) is 4.16. The number of esters is 1. The third-order valence-corrected chi connectivity index (χ3v) is 9.20. The third kappa shape index (κ3) is 3.60. The number of hydrogen-bond donors (Lipinski definition) is 3. The van der Waals surface area contributed by atoms with Crippen molar-refractivity contribution in [1.82, 2.24) is 0 Å². The summed E-state index contributed by atoms with van der Waals surface area (Å²) < 4.78 is 12.7. The molecule has 3 unspecified atom stereocenters. The van der Waals surface area contributed by atoms with Gasteiger partial charge in [-0.3, -0.25) is 0 Å². The second-order valence-corrected chi connectivity index (χ2v) is 11.8. The summed E-state index contributed by atoms with van der Waals surface area (Å²) in [7, 11) is -1.91. The minimum atomic E-state index is -1.91. The van der Waals surface area contributed by atoms with Crippen molar-refractivity contribution < 1.29 is 34.5 Å². The van der Waals surface area contributed by atoms with Gasteiger partial charge in [0, 0.05) is 11.1 Å². The van der Waals surface area contributed by atoms with Crippen LogP contribution in [0.1, 0.15) is 70.2 Å². The lowest BCUT2D eigenvalue weighted by Gasteiger charge is -2.52. The number of hydrogen-bond acceptors (Lipinski definition) is 6. The van der Waals surface area contributed by atoms with E-state index in [9.17, 15) is 19.9 Å². The highest BCUT2D eigenvalue weighted by atomic mass is 16.6. The smallest absolute Gasteiger partial charge is 0.473 e. The van der Waals surface area contributed by atoms with Crippen molar-refractivity contribution in [3.63, 3.8) is 0 Å². The van der Waals surface area contributed by atoms with Crippen LogP contribution in [-0.4, -0.2) is 45.1 Å². The van der Waals surface area contributed by atoms with Gasteiger partial charge in [0.25, 0.3) is 5.76 Å². The van der Waals surface area contributed by atoms with Crippen molar-refractivity contribution >= 4 is 13.1 Å². The van der Waals surface area contributed by atoms with Crippen LogP contribution in [0.2, 0.25) is 5.82 Å². The number of carbonyl (C=O) groups is 1. The molecule has 7 nitrogen and oxygen atoms in total. The molecule has 1 fully saturated rings. The first kappa shape index (κ1) is 25.0. The normalized spacial score (nSPS) is 35.1. The van der Waals surface area contributed by atoms with Gasteiger partial charge in [0.05, 0.1) is 5.56 Å². The second kappa shape index (κ2) is 8.42. The highest BCUT2D eigenvalue weighted by Gasteiger charge is 2.64. The molecular formula is C28H36BO7+. The molecule has 0 radical (unpaired) electrons. The number of aliphatic hydroxyl groups is 1. The largest absolute Gasteiger partial charge is 0.594 e. The van der Waals surface area contributed by atoms with Crippen molar-refractivity contribution in [2.24, 2.45) is 16.7 Å². The van der Waals surface area contributed by atoms with E-state index in [1.54, 1.807) is 37.3 Å². The molecule has 5 rings (SSSR count). The average molecular weight is 495 g/mol. The summed E-state index contributed by atoms with van der Waals surface area (Å²) in [5.41, 5.74) is 0.398. The van der Waals surface area contributed by atoms with Crippen LogP contribution in [0.4, 0.5) is 0 Å². The summed E-state index contributed by atoms with van der Waals surface area (Å²) >= 11 is 0. The molecule has 3 aliphatic carbocycles. The van der Waals surface area contributed by atoms with Gasteiger partial charge >= 0.3 is 13.1 Å². The number of aliphatic hydroxyl groups excluding tert-OH is 1. The van der Waals surface area contributed by atoms with Crippen molar-refractivity contribution in [3.8, 4) is 0 Å². The number of rotatable bonds is 3. The average Bonchev–Trinajstić information content (AvgIpc) is 3.04. The Labute approximate surface area is 212 Å². The summed E-state index contributed by atoms with van der Waals surface area (Å²) in [5, 5.41) is 39.7. The zero-order chi connectivity index (χ0) is 26.0. The van der Waals surface area contributed by atoms with Crippen LogP contribution >= 0.6 is 0 Å². The molecule has 5 N–H and O–H groups in total. The van der Waals surface area contributed by atoms with Gasteiger partial charge in [0.15, 0.2) is 6.10 Å². The van der Waals surface area contributed by atoms with E-state index in [0.717, 1.165) is 31.3 Å². The SMILES string of the molecule is CC12OC3=C(C1=CC(O)=C([OH2+])C2B(O)O)[C@]1(C)CCCC(C)(C)[C@H]1CCC3OC(=O)c1ccccc1. The number of carbonyl (C=O) groups excluding carboxylic acids is 1. The molecule has 4 aliphatic rings. The van der Waals surface area contributed by atoms with Crippen molar-refractivity contribution in [3.05, 3.63) is 70.4 Å². The van der Waals surface area contributed by atoms with Gasteiger partial charge < -0.3 is 29.7 Å². The fourth-order valence-corrected chi connectivity index (χ4v) is 7.52. The van der Waals surface area contributed by atoms with Crippen LogP contribution in [0.25, 0.3) is 0 Å². The molecular weight excluding hydrogens is 459 g/mol. The Morgan fingerprint density at radius 1 is 1.11 bits per heavy atom. The summed E-state index contributed by atoms with van der Waals surface area (Å²) in [6.07, 6.45) is 5.31. The Morgan fingerprint density at radius 3 is 2.47 bits per heavy atom.